The van der Waals surface area contributed by atoms with Gasteiger partial charge in [-0.1, -0.05) is 30.3 Å². The van der Waals surface area contributed by atoms with Crippen molar-refractivity contribution in [3.8, 4) is 11.4 Å². The van der Waals surface area contributed by atoms with Crippen molar-refractivity contribution in [3.63, 3.8) is 0 Å². The van der Waals surface area contributed by atoms with E-state index in [1.807, 2.05) is 48.5 Å². The molecule has 4 rings (SSSR count). The molecule has 1 amide bonds. The first-order chi connectivity index (χ1) is 15.2. The number of anilines is 1. The third-order valence-corrected chi connectivity index (χ3v) is 4.71. The van der Waals surface area contributed by atoms with Crippen LogP contribution in [0.1, 0.15) is 27.3 Å². The van der Waals surface area contributed by atoms with Gasteiger partial charge in [-0.3, -0.25) is 14.9 Å². The molecule has 2 heterocycles. The fourth-order valence-corrected chi connectivity index (χ4v) is 3.01. The lowest BCUT2D eigenvalue weighted by Gasteiger charge is -2.09. The quantitative estimate of drug-likeness (QED) is 0.352. The average molecular weight is 414 g/mol. The van der Waals surface area contributed by atoms with E-state index in [0.717, 1.165) is 22.4 Å². The van der Waals surface area contributed by atoms with Crippen LogP contribution >= 0.6 is 0 Å². The Balaban J connectivity index is 1.33. The maximum absolute atomic E-state index is 12.5. The number of hydrogen-bond donors (Lipinski definition) is 4. The number of nitrogens with zero attached hydrogens (tertiary/aromatic N) is 3. The Morgan fingerprint density at radius 1 is 0.968 bits per heavy atom. The highest BCUT2D eigenvalue weighted by molar-refractivity contribution is 5.95. The van der Waals surface area contributed by atoms with Gasteiger partial charge in [-0.2, -0.15) is 5.10 Å². The Labute approximate surface area is 179 Å². The topological polar surface area (TPSA) is 116 Å². The van der Waals surface area contributed by atoms with Gasteiger partial charge < -0.3 is 15.7 Å². The summed E-state index contributed by atoms with van der Waals surface area (Å²) in [6.45, 7) is 0.865. The van der Waals surface area contributed by atoms with Crippen molar-refractivity contribution < 1.29 is 9.90 Å². The molecule has 0 unspecified atom stereocenters. The van der Waals surface area contributed by atoms with Gasteiger partial charge in [-0.15, -0.1) is 0 Å². The lowest BCUT2D eigenvalue weighted by molar-refractivity contribution is 0.0951. The summed E-state index contributed by atoms with van der Waals surface area (Å²) in [6, 6.07) is 18.5. The predicted molar refractivity (Wildman–Crippen MR) is 117 cm³/mol. The molecule has 31 heavy (non-hydrogen) atoms. The van der Waals surface area contributed by atoms with Crippen molar-refractivity contribution >= 4 is 11.6 Å². The van der Waals surface area contributed by atoms with E-state index in [-0.39, 0.29) is 12.5 Å². The summed E-state index contributed by atoms with van der Waals surface area (Å²) < 4.78 is 0. The highest BCUT2D eigenvalue weighted by atomic mass is 16.3. The maximum atomic E-state index is 12.5. The first kappa shape index (κ1) is 20.2. The molecule has 2 aromatic carbocycles. The van der Waals surface area contributed by atoms with Gasteiger partial charge in [-0.05, 0) is 41.5 Å². The van der Waals surface area contributed by atoms with Crippen LogP contribution in [-0.2, 0) is 19.7 Å². The summed E-state index contributed by atoms with van der Waals surface area (Å²) in [7, 11) is 0. The number of benzene rings is 2. The maximum Gasteiger partial charge on any atom is 0.251 e. The van der Waals surface area contributed by atoms with Crippen LogP contribution in [0.15, 0.2) is 73.1 Å². The number of H-pyrrole nitrogens is 1. The van der Waals surface area contributed by atoms with Gasteiger partial charge in [0.25, 0.3) is 5.91 Å². The molecule has 0 aliphatic heterocycles. The minimum atomic E-state index is -0.158. The molecule has 156 valence electrons. The molecule has 0 radical (unpaired) electrons. The Kier molecular flexibility index (Phi) is 6.29. The number of amides is 1. The van der Waals surface area contributed by atoms with Gasteiger partial charge in [0.1, 0.15) is 5.82 Å². The molecule has 0 atom stereocenters. The van der Waals surface area contributed by atoms with Crippen LogP contribution < -0.4 is 10.6 Å². The molecular weight excluding hydrogens is 392 g/mol. The third kappa shape index (κ3) is 5.31. The molecular formula is C23H22N6O2. The van der Waals surface area contributed by atoms with Gasteiger partial charge in [0.2, 0.25) is 0 Å². The van der Waals surface area contributed by atoms with Gasteiger partial charge in [-0.25, -0.2) is 4.98 Å². The molecule has 4 aromatic rings. The zero-order chi connectivity index (χ0) is 21.5. The van der Waals surface area contributed by atoms with Crippen molar-refractivity contribution in [2.45, 2.75) is 19.7 Å². The molecule has 0 bridgehead atoms. The molecule has 0 spiro atoms. The number of aliphatic hydroxyl groups is 1. The molecule has 8 heteroatoms. The number of aromatic amines is 1. The van der Waals surface area contributed by atoms with Gasteiger partial charge in [0.15, 0.2) is 5.82 Å². The SMILES string of the molecule is O=C(NCc1ccc(CO)cc1)c1cccc(NCc2nc(-c3ccncc3)n[nH]2)c1. The Morgan fingerprint density at radius 3 is 2.52 bits per heavy atom. The minimum absolute atomic E-state index is 0.00550. The Bertz CT molecular complexity index is 1140. The summed E-state index contributed by atoms with van der Waals surface area (Å²) in [5.41, 5.74) is 4.07. The monoisotopic (exact) mass is 414 g/mol. The molecule has 2 aromatic heterocycles. The molecule has 4 N–H and O–H groups in total. The van der Waals surface area contributed by atoms with Crippen LogP contribution in [-0.4, -0.2) is 31.2 Å². The van der Waals surface area contributed by atoms with Crippen LogP contribution in [0.25, 0.3) is 11.4 Å². The fraction of sp³-hybridized carbons (Fsp3) is 0.130. The third-order valence-electron chi connectivity index (χ3n) is 4.71. The number of hydrogen-bond acceptors (Lipinski definition) is 6. The molecule has 0 saturated heterocycles. The standard InChI is InChI=1S/C23H22N6O2/c30-15-17-6-4-16(5-7-17)13-26-23(31)19-2-1-3-20(12-19)25-14-21-27-22(29-28-21)18-8-10-24-11-9-18/h1-12,25,30H,13-15H2,(H,26,31)(H,27,28,29). The van der Waals surface area contributed by atoms with Crippen LogP contribution in [0.2, 0.25) is 0 Å². The lowest BCUT2D eigenvalue weighted by atomic mass is 10.1. The van der Waals surface area contributed by atoms with Crippen molar-refractivity contribution in [3.05, 3.63) is 95.6 Å². The molecule has 0 aliphatic rings. The average Bonchev–Trinajstić information content (AvgIpc) is 3.31. The first-order valence-corrected chi connectivity index (χ1v) is 9.84. The Morgan fingerprint density at radius 2 is 1.74 bits per heavy atom. The summed E-state index contributed by atoms with van der Waals surface area (Å²) in [5.74, 6) is 1.14. The lowest BCUT2D eigenvalue weighted by Crippen LogP contribution is -2.22. The number of aliphatic hydroxyl groups excluding tert-OH is 1. The van der Waals surface area contributed by atoms with Crippen LogP contribution in [0.5, 0.6) is 0 Å². The van der Waals surface area contributed by atoms with E-state index in [9.17, 15) is 4.79 Å². The second-order valence-corrected chi connectivity index (χ2v) is 6.93. The summed E-state index contributed by atoms with van der Waals surface area (Å²) in [4.78, 5) is 21.0. The zero-order valence-corrected chi connectivity index (χ0v) is 16.7. The second-order valence-electron chi connectivity index (χ2n) is 6.93. The van der Waals surface area contributed by atoms with E-state index in [4.69, 9.17) is 5.11 Å². The number of carbonyl (C=O) groups is 1. The zero-order valence-electron chi connectivity index (χ0n) is 16.7. The van der Waals surface area contributed by atoms with Crippen LogP contribution in [0.3, 0.4) is 0 Å². The van der Waals surface area contributed by atoms with E-state index in [1.54, 1.807) is 24.5 Å². The van der Waals surface area contributed by atoms with E-state index < -0.39 is 0 Å². The smallest absolute Gasteiger partial charge is 0.251 e. The minimum Gasteiger partial charge on any atom is -0.392 e. The van der Waals surface area contributed by atoms with Crippen LogP contribution in [0, 0.1) is 0 Å². The predicted octanol–water partition coefficient (Wildman–Crippen LogP) is 2.90. The second kappa shape index (κ2) is 9.64. The molecule has 0 fully saturated rings. The number of nitrogens with one attached hydrogen (secondary N) is 3. The summed E-state index contributed by atoms with van der Waals surface area (Å²) in [5, 5.41) is 22.4. The van der Waals surface area contributed by atoms with Gasteiger partial charge in [0, 0.05) is 35.8 Å². The Hall–Kier alpha value is -4.04. The fourth-order valence-electron chi connectivity index (χ4n) is 3.01. The largest absolute Gasteiger partial charge is 0.392 e. The summed E-state index contributed by atoms with van der Waals surface area (Å²) >= 11 is 0. The molecule has 8 nitrogen and oxygen atoms in total. The van der Waals surface area contributed by atoms with E-state index in [1.165, 1.54) is 0 Å². The number of pyridine rings is 1. The van der Waals surface area contributed by atoms with Crippen molar-refractivity contribution in [2.75, 3.05) is 5.32 Å². The summed E-state index contributed by atoms with van der Waals surface area (Å²) in [6.07, 6.45) is 3.40. The normalized spacial score (nSPS) is 10.6. The number of carbonyl (C=O) groups excluding carboxylic acids is 1. The van der Waals surface area contributed by atoms with E-state index in [0.29, 0.717) is 30.3 Å². The first-order valence-electron chi connectivity index (χ1n) is 9.84. The van der Waals surface area contributed by atoms with Crippen molar-refractivity contribution in [1.82, 2.24) is 25.5 Å². The van der Waals surface area contributed by atoms with E-state index >= 15 is 0 Å². The van der Waals surface area contributed by atoms with Crippen LogP contribution in [0.4, 0.5) is 5.69 Å². The van der Waals surface area contributed by atoms with Crippen molar-refractivity contribution in [1.29, 1.82) is 0 Å². The van der Waals surface area contributed by atoms with Crippen molar-refractivity contribution in [2.24, 2.45) is 0 Å². The number of aromatic nitrogens is 4. The van der Waals surface area contributed by atoms with E-state index in [2.05, 4.69) is 30.8 Å². The number of rotatable bonds is 8. The highest BCUT2D eigenvalue weighted by Crippen LogP contribution is 2.15. The molecule has 0 saturated carbocycles. The van der Waals surface area contributed by atoms with Gasteiger partial charge in [0.05, 0.1) is 13.2 Å². The van der Waals surface area contributed by atoms with Gasteiger partial charge >= 0.3 is 0 Å². The highest BCUT2D eigenvalue weighted by Gasteiger charge is 2.08. The molecule has 0 aliphatic carbocycles.